The van der Waals surface area contributed by atoms with Crippen LogP contribution in [0.25, 0.3) is 22.2 Å². The highest BCUT2D eigenvalue weighted by atomic mass is 35.5. The Kier molecular flexibility index (Phi) is 6.83. The molecule has 1 aliphatic rings. The van der Waals surface area contributed by atoms with Crippen LogP contribution in [0.15, 0.2) is 37.2 Å². The summed E-state index contributed by atoms with van der Waals surface area (Å²) in [5.41, 5.74) is 1.67. The van der Waals surface area contributed by atoms with Crippen LogP contribution in [0.3, 0.4) is 0 Å². The van der Waals surface area contributed by atoms with E-state index in [4.69, 9.17) is 32.7 Å². The maximum absolute atomic E-state index is 11.7. The molecular weight excluding hydrogens is 467 g/mol. The molecule has 1 aliphatic heterocycles. The van der Waals surface area contributed by atoms with Gasteiger partial charge in [-0.1, -0.05) is 29.8 Å². The van der Waals surface area contributed by atoms with Crippen molar-refractivity contribution in [1.82, 2.24) is 25.6 Å². The van der Waals surface area contributed by atoms with Gasteiger partial charge in [-0.05, 0) is 12.1 Å². The SMILES string of the molecule is C=CC(=O)N[C@H]1CNC[C@H]1Nc1ncc2cc(-c3c(Cl)c(OC)cc(OC)c3Cl)ncc2n1. The highest BCUT2D eigenvalue weighted by molar-refractivity contribution is 6.41. The number of benzene rings is 1. The summed E-state index contributed by atoms with van der Waals surface area (Å²) in [5.74, 6) is 1.06. The number of hydrogen-bond donors (Lipinski definition) is 3. The number of halogens is 2. The monoisotopic (exact) mass is 488 g/mol. The van der Waals surface area contributed by atoms with E-state index in [1.54, 1.807) is 24.5 Å². The number of hydrogen-bond acceptors (Lipinski definition) is 8. The summed E-state index contributed by atoms with van der Waals surface area (Å²) >= 11 is 13.0. The standard InChI is InChI=1S/C22H22Cl2N6O3/c1-4-18(31)28-14-8-25-9-15(14)30-22-27-7-11-5-12(26-10-13(11)29-22)19-20(23)16(32-2)6-17(33-3)21(19)24/h4-7,10,14-15,25H,1,8-9H2,2-3H3,(H,28,31)(H,27,29,30)/t14-,15+/m0/s1. The van der Waals surface area contributed by atoms with Gasteiger partial charge in [0.1, 0.15) is 11.5 Å². The number of pyridine rings is 1. The molecular formula is C22H22Cl2N6O3. The number of nitrogens with zero attached hydrogens (tertiary/aromatic N) is 3. The second-order valence-electron chi connectivity index (χ2n) is 7.33. The molecule has 2 aromatic heterocycles. The van der Waals surface area contributed by atoms with Crippen LogP contribution < -0.4 is 25.4 Å². The summed E-state index contributed by atoms with van der Waals surface area (Å²) in [7, 11) is 3.03. The maximum atomic E-state index is 11.7. The summed E-state index contributed by atoms with van der Waals surface area (Å²) in [6.07, 6.45) is 4.57. The Hall–Kier alpha value is -3.14. The third-order valence-corrected chi connectivity index (χ3v) is 6.09. The number of amides is 1. The van der Waals surface area contributed by atoms with Gasteiger partial charge in [-0.3, -0.25) is 9.78 Å². The summed E-state index contributed by atoms with van der Waals surface area (Å²) in [6, 6.07) is 3.25. The summed E-state index contributed by atoms with van der Waals surface area (Å²) in [6.45, 7) is 4.79. The first-order chi connectivity index (χ1) is 15.9. The van der Waals surface area contributed by atoms with E-state index in [1.807, 2.05) is 0 Å². The molecule has 0 spiro atoms. The molecule has 1 aromatic carbocycles. The average molecular weight is 489 g/mol. The van der Waals surface area contributed by atoms with Gasteiger partial charge in [0, 0.05) is 36.3 Å². The number of carbonyl (C=O) groups excluding carboxylic acids is 1. The highest BCUT2D eigenvalue weighted by Crippen LogP contribution is 2.45. The van der Waals surface area contributed by atoms with Crippen molar-refractivity contribution in [2.45, 2.75) is 12.1 Å². The molecule has 3 heterocycles. The number of fused-ring (bicyclic) bond motifs is 1. The number of aromatic nitrogens is 3. The first-order valence-corrected chi connectivity index (χ1v) is 10.8. The number of nitrogens with one attached hydrogen (secondary N) is 3. The predicted octanol–water partition coefficient (Wildman–Crippen LogP) is 3.07. The quantitative estimate of drug-likeness (QED) is 0.435. The maximum Gasteiger partial charge on any atom is 0.243 e. The zero-order chi connectivity index (χ0) is 23.5. The van der Waals surface area contributed by atoms with E-state index in [0.29, 0.717) is 57.4 Å². The molecule has 3 aromatic rings. The highest BCUT2D eigenvalue weighted by Gasteiger charge is 2.28. The molecule has 0 bridgehead atoms. The Labute approximate surface area is 200 Å². The van der Waals surface area contributed by atoms with Gasteiger partial charge < -0.3 is 25.4 Å². The summed E-state index contributed by atoms with van der Waals surface area (Å²) in [5, 5.41) is 10.8. The van der Waals surface area contributed by atoms with E-state index in [1.165, 1.54) is 20.3 Å². The minimum absolute atomic E-state index is 0.0690. The zero-order valence-corrected chi connectivity index (χ0v) is 19.5. The van der Waals surface area contributed by atoms with Crippen molar-refractivity contribution in [1.29, 1.82) is 0 Å². The van der Waals surface area contributed by atoms with Crippen LogP contribution in [0.1, 0.15) is 0 Å². The van der Waals surface area contributed by atoms with E-state index >= 15 is 0 Å². The van der Waals surface area contributed by atoms with E-state index in [-0.39, 0.29) is 18.0 Å². The van der Waals surface area contributed by atoms with Crippen LogP contribution >= 0.6 is 23.2 Å². The summed E-state index contributed by atoms with van der Waals surface area (Å²) in [4.78, 5) is 25.2. The lowest BCUT2D eigenvalue weighted by Gasteiger charge is -2.20. The fraction of sp³-hybridized carbons (Fsp3) is 0.273. The van der Waals surface area contributed by atoms with Crippen LogP contribution in [0, 0.1) is 0 Å². The Morgan fingerprint density at radius 1 is 1.12 bits per heavy atom. The molecule has 9 nitrogen and oxygen atoms in total. The second kappa shape index (κ2) is 9.78. The van der Waals surface area contributed by atoms with Crippen LogP contribution in [0.2, 0.25) is 10.0 Å². The largest absolute Gasteiger partial charge is 0.495 e. The molecule has 3 N–H and O–H groups in total. The number of rotatable bonds is 7. The Balaban J connectivity index is 1.63. The summed E-state index contributed by atoms with van der Waals surface area (Å²) < 4.78 is 10.7. The molecule has 1 saturated heterocycles. The second-order valence-corrected chi connectivity index (χ2v) is 8.09. The lowest BCUT2D eigenvalue weighted by molar-refractivity contribution is -0.117. The normalized spacial score (nSPS) is 17.6. The number of anilines is 1. The fourth-order valence-electron chi connectivity index (χ4n) is 3.64. The first kappa shape index (κ1) is 23.0. The number of methoxy groups -OCH3 is 2. The average Bonchev–Trinajstić information content (AvgIpc) is 3.25. The molecule has 1 amide bonds. The van der Waals surface area contributed by atoms with Crippen molar-refractivity contribution in [3.8, 4) is 22.8 Å². The Morgan fingerprint density at radius 3 is 2.48 bits per heavy atom. The molecule has 33 heavy (non-hydrogen) atoms. The predicted molar refractivity (Wildman–Crippen MR) is 128 cm³/mol. The van der Waals surface area contributed by atoms with Gasteiger partial charge in [-0.2, -0.15) is 0 Å². The van der Waals surface area contributed by atoms with Crippen molar-refractivity contribution < 1.29 is 14.3 Å². The van der Waals surface area contributed by atoms with E-state index in [0.717, 1.165) is 5.39 Å². The van der Waals surface area contributed by atoms with Gasteiger partial charge in [0.2, 0.25) is 11.9 Å². The first-order valence-electron chi connectivity index (χ1n) is 10.1. The van der Waals surface area contributed by atoms with Gasteiger partial charge in [-0.25, -0.2) is 9.97 Å². The Bertz CT molecular complexity index is 1190. The van der Waals surface area contributed by atoms with Crippen molar-refractivity contribution in [2.24, 2.45) is 0 Å². The fourth-order valence-corrected chi connectivity index (χ4v) is 4.33. The lowest BCUT2D eigenvalue weighted by atomic mass is 10.1. The van der Waals surface area contributed by atoms with Crippen LogP contribution in [0.5, 0.6) is 11.5 Å². The molecule has 0 radical (unpaired) electrons. The molecule has 4 rings (SSSR count). The third-order valence-electron chi connectivity index (χ3n) is 5.34. The molecule has 1 fully saturated rings. The van der Waals surface area contributed by atoms with E-state index in [2.05, 4.69) is 37.5 Å². The molecule has 2 atom stereocenters. The van der Waals surface area contributed by atoms with Gasteiger partial charge in [0.15, 0.2) is 0 Å². The van der Waals surface area contributed by atoms with Gasteiger partial charge >= 0.3 is 0 Å². The Morgan fingerprint density at radius 2 is 1.82 bits per heavy atom. The topological polar surface area (TPSA) is 110 Å². The van der Waals surface area contributed by atoms with Crippen LogP contribution in [0.4, 0.5) is 5.95 Å². The van der Waals surface area contributed by atoms with Crippen molar-refractivity contribution in [3.63, 3.8) is 0 Å². The van der Waals surface area contributed by atoms with Gasteiger partial charge in [-0.15, -0.1) is 0 Å². The number of ether oxygens (including phenoxy) is 2. The van der Waals surface area contributed by atoms with Crippen LogP contribution in [-0.2, 0) is 4.79 Å². The molecule has 11 heteroatoms. The molecule has 0 aliphatic carbocycles. The van der Waals surface area contributed by atoms with Gasteiger partial charge in [0.05, 0.1) is 53.8 Å². The molecule has 0 unspecified atom stereocenters. The molecule has 0 saturated carbocycles. The minimum atomic E-state index is -0.224. The number of carbonyl (C=O) groups is 1. The smallest absolute Gasteiger partial charge is 0.243 e. The lowest BCUT2D eigenvalue weighted by Crippen LogP contribution is -2.45. The van der Waals surface area contributed by atoms with Crippen molar-refractivity contribution >= 4 is 46.0 Å². The van der Waals surface area contributed by atoms with Crippen LogP contribution in [-0.4, -0.2) is 60.3 Å². The van der Waals surface area contributed by atoms with E-state index in [9.17, 15) is 4.79 Å². The molecule has 172 valence electrons. The third kappa shape index (κ3) is 4.66. The van der Waals surface area contributed by atoms with Crippen molar-refractivity contribution in [2.75, 3.05) is 32.6 Å². The van der Waals surface area contributed by atoms with Gasteiger partial charge in [0.25, 0.3) is 0 Å². The zero-order valence-electron chi connectivity index (χ0n) is 18.0. The minimum Gasteiger partial charge on any atom is -0.495 e. The van der Waals surface area contributed by atoms with Crippen molar-refractivity contribution in [3.05, 3.63) is 47.2 Å². The van der Waals surface area contributed by atoms with E-state index < -0.39 is 0 Å².